The molecule has 2 N–H and O–H groups in total. The van der Waals surface area contributed by atoms with Crippen LogP contribution in [0.5, 0.6) is 0 Å². The van der Waals surface area contributed by atoms with Gasteiger partial charge in [-0.3, -0.25) is 0 Å². The summed E-state index contributed by atoms with van der Waals surface area (Å²) in [5, 5.41) is 11.0. The van der Waals surface area contributed by atoms with Crippen molar-refractivity contribution in [3.63, 3.8) is 0 Å². The van der Waals surface area contributed by atoms with Crippen molar-refractivity contribution in [3.05, 3.63) is 11.8 Å². The van der Waals surface area contributed by atoms with Gasteiger partial charge in [-0.2, -0.15) is 0 Å². The maximum Gasteiger partial charge on any atom is 0.338 e. The highest BCUT2D eigenvalue weighted by atomic mass is 32.2. The number of carboxylic acids is 1. The summed E-state index contributed by atoms with van der Waals surface area (Å²) >= 11 is 0. The summed E-state index contributed by atoms with van der Waals surface area (Å²) in [7, 11) is -3.42. The molecule has 0 amide bonds. The van der Waals surface area contributed by atoms with Gasteiger partial charge in [0, 0.05) is 18.7 Å². The average Bonchev–Trinajstić information content (AvgIpc) is 2.03. The van der Waals surface area contributed by atoms with Crippen LogP contribution in [0, 0.1) is 0 Å². The van der Waals surface area contributed by atoms with E-state index in [9.17, 15) is 13.2 Å². The summed E-state index contributed by atoms with van der Waals surface area (Å²) in [6.07, 6.45) is 3.17. The Morgan fingerprint density at radius 1 is 1.64 bits per heavy atom. The van der Waals surface area contributed by atoms with Crippen molar-refractivity contribution in [2.75, 3.05) is 6.26 Å². The molecule has 0 spiro atoms. The van der Waals surface area contributed by atoms with Gasteiger partial charge in [0.15, 0.2) is 9.84 Å². The topological polar surface area (TPSA) is 95.8 Å². The summed E-state index contributed by atoms with van der Waals surface area (Å²) in [5.41, 5.74) is -0.0777. The lowest BCUT2D eigenvalue weighted by atomic mass is 10.3. The molecule has 0 radical (unpaired) electrons. The van der Waals surface area contributed by atoms with Crippen molar-refractivity contribution in [2.24, 2.45) is 4.99 Å². The molecule has 0 aliphatic carbocycles. The van der Waals surface area contributed by atoms with E-state index >= 15 is 0 Å². The van der Waals surface area contributed by atoms with E-state index in [1.807, 2.05) is 0 Å². The predicted molar refractivity (Wildman–Crippen MR) is 50.6 cm³/mol. The molecular formula is C7H10N2O4S. The lowest BCUT2D eigenvalue weighted by Crippen LogP contribution is -2.46. The minimum atomic E-state index is -3.42. The lowest BCUT2D eigenvalue weighted by molar-refractivity contribution is -0.132. The molecule has 7 heteroatoms. The zero-order chi connectivity index (χ0) is 11.0. The van der Waals surface area contributed by atoms with Crippen LogP contribution < -0.4 is 5.32 Å². The number of nitrogens with one attached hydrogen (secondary N) is 1. The molecule has 0 bridgehead atoms. The van der Waals surface area contributed by atoms with Crippen LogP contribution in [0.25, 0.3) is 0 Å². The van der Waals surface area contributed by atoms with Crippen molar-refractivity contribution >= 4 is 22.0 Å². The highest BCUT2D eigenvalue weighted by molar-refractivity contribution is 7.92. The highest BCUT2D eigenvalue weighted by Crippen LogP contribution is 2.17. The molecule has 0 aromatic carbocycles. The van der Waals surface area contributed by atoms with E-state index in [4.69, 9.17) is 5.11 Å². The molecule has 1 atom stereocenters. The third-order valence-electron chi connectivity index (χ3n) is 1.91. The van der Waals surface area contributed by atoms with E-state index in [0.29, 0.717) is 0 Å². The number of aliphatic carboxylic acids is 1. The Morgan fingerprint density at radius 3 is 2.50 bits per heavy atom. The first kappa shape index (κ1) is 10.7. The molecule has 0 fully saturated rings. The zero-order valence-corrected chi connectivity index (χ0v) is 8.50. The van der Waals surface area contributed by atoms with Gasteiger partial charge in [0.05, 0.1) is 5.57 Å². The molecule has 14 heavy (non-hydrogen) atoms. The fourth-order valence-corrected chi connectivity index (χ4v) is 1.32. The molecule has 6 nitrogen and oxygen atoms in total. The number of hydrogen-bond acceptors (Lipinski definition) is 5. The van der Waals surface area contributed by atoms with Crippen LogP contribution >= 0.6 is 0 Å². The summed E-state index contributed by atoms with van der Waals surface area (Å²) < 4.78 is 22.5. The van der Waals surface area contributed by atoms with Crippen LogP contribution in [-0.4, -0.2) is 37.0 Å². The molecule has 1 aliphatic rings. The monoisotopic (exact) mass is 218 g/mol. The second kappa shape index (κ2) is 3.09. The molecular weight excluding hydrogens is 208 g/mol. The quantitative estimate of drug-likeness (QED) is 0.642. The van der Waals surface area contributed by atoms with E-state index in [-0.39, 0.29) is 5.57 Å². The van der Waals surface area contributed by atoms with Gasteiger partial charge in [0.2, 0.25) is 4.99 Å². The Labute approximate surface area is 81.3 Å². The Morgan fingerprint density at radius 2 is 2.21 bits per heavy atom. The van der Waals surface area contributed by atoms with Crippen molar-refractivity contribution in [3.8, 4) is 0 Å². The van der Waals surface area contributed by atoms with Crippen molar-refractivity contribution in [1.82, 2.24) is 5.32 Å². The molecule has 1 heterocycles. The number of carbonyl (C=O) groups is 1. The van der Waals surface area contributed by atoms with Crippen molar-refractivity contribution < 1.29 is 18.3 Å². The van der Waals surface area contributed by atoms with E-state index in [1.165, 1.54) is 6.92 Å². The first-order valence-corrected chi connectivity index (χ1v) is 5.61. The average molecular weight is 218 g/mol. The Bertz CT molecular complexity index is 423. The van der Waals surface area contributed by atoms with Gasteiger partial charge < -0.3 is 10.4 Å². The number of hydrogen-bond donors (Lipinski definition) is 2. The Balaban J connectivity index is 3.00. The molecule has 0 aromatic heterocycles. The first-order chi connectivity index (χ1) is 6.26. The van der Waals surface area contributed by atoms with Gasteiger partial charge in [0.1, 0.15) is 0 Å². The van der Waals surface area contributed by atoms with Gasteiger partial charge in [-0.25, -0.2) is 18.2 Å². The normalized spacial score (nSPS) is 26.6. The molecule has 1 rings (SSSR count). The molecule has 1 aliphatic heterocycles. The van der Waals surface area contributed by atoms with Crippen LogP contribution in [0.3, 0.4) is 0 Å². The maximum absolute atomic E-state index is 11.2. The molecule has 0 saturated carbocycles. The summed E-state index contributed by atoms with van der Waals surface area (Å²) in [5.74, 6) is -1.16. The third-order valence-corrected chi connectivity index (χ3v) is 3.58. The summed E-state index contributed by atoms with van der Waals surface area (Å²) in [6, 6.07) is 0. The SMILES string of the molecule is CC1(S(C)(=O)=O)N=CC(C(=O)O)=CN1. The highest BCUT2D eigenvalue weighted by Gasteiger charge is 2.35. The standard InChI is InChI=1S/C7H10N2O4S/c1-7(14(2,12)13)8-3-5(4-9-7)6(10)11/h3-4,8H,1-2H3,(H,10,11). The van der Waals surface area contributed by atoms with Gasteiger partial charge in [-0.1, -0.05) is 0 Å². The predicted octanol–water partition coefficient (Wildman–Crippen LogP) is -0.653. The maximum atomic E-state index is 11.2. The molecule has 0 saturated heterocycles. The van der Waals surface area contributed by atoms with Crippen LogP contribution in [0.2, 0.25) is 0 Å². The van der Waals surface area contributed by atoms with Crippen LogP contribution in [0.1, 0.15) is 6.92 Å². The number of rotatable bonds is 2. The first-order valence-electron chi connectivity index (χ1n) is 3.72. The van der Waals surface area contributed by atoms with Gasteiger partial charge in [-0.15, -0.1) is 0 Å². The van der Waals surface area contributed by atoms with Gasteiger partial charge in [0.25, 0.3) is 0 Å². The number of aliphatic imine (C=N–C) groups is 1. The van der Waals surface area contributed by atoms with Crippen LogP contribution in [-0.2, 0) is 14.6 Å². The molecule has 0 aromatic rings. The fraction of sp³-hybridized carbons (Fsp3) is 0.429. The minimum absolute atomic E-state index is 0.0777. The van der Waals surface area contributed by atoms with Crippen LogP contribution in [0.4, 0.5) is 0 Å². The Hall–Kier alpha value is -1.37. The van der Waals surface area contributed by atoms with Crippen LogP contribution in [0.15, 0.2) is 16.8 Å². The minimum Gasteiger partial charge on any atom is -0.478 e. The van der Waals surface area contributed by atoms with Crippen molar-refractivity contribution in [2.45, 2.75) is 11.9 Å². The number of carboxylic acid groups (broad SMARTS) is 1. The van der Waals surface area contributed by atoms with E-state index < -0.39 is 20.8 Å². The third kappa shape index (κ3) is 1.77. The fourth-order valence-electron chi connectivity index (χ4n) is 0.799. The van der Waals surface area contributed by atoms with Crippen molar-refractivity contribution in [1.29, 1.82) is 0 Å². The van der Waals surface area contributed by atoms with E-state index in [2.05, 4.69) is 10.3 Å². The smallest absolute Gasteiger partial charge is 0.338 e. The van der Waals surface area contributed by atoms with E-state index in [0.717, 1.165) is 18.7 Å². The van der Waals surface area contributed by atoms with E-state index in [1.54, 1.807) is 0 Å². The zero-order valence-electron chi connectivity index (χ0n) is 7.68. The number of sulfone groups is 1. The second-order valence-electron chi connectivity index (χ2n) is 3.06. The summed E-state index contributed by atoms with van der Waals surface area (Å²) in [6.45, 7) is 1.36. The molecule has 1 unspecified atom stereocenters. The molecule has 78 valence electrons. The summed E-state index contributed by atoms with van der Waals surface area (Å²) in [4.78, 5) is 12.7. The Kier molecular flexibility index (Phi) is 2.36. The lowest BCUT2D eigenvalue weighted by Gasteiger charge is -2.26. The second-order valence-corrected chi connectivity index (χ2v) is 5.40. The number of nitrogens with zero attached hydrogens (tertiary/aromatic N) is 1. The largest absolute Gasteiger partial charge is 0.478 e. The van der Waals surface area contributed by atoms with Gasteiger partial charge >= 0.3 is 5.97 Å². The van der Waals surface area contributed by atoms with Gasteiger partial charge in [-0.05, 0) is 6.92 Å².